The van der Waals surface area contributed by atoms with Gasteiger partial charge in [0.1, 0.15) is 6.04 Å². The van der Waals surface area contributed by atoms with Crippen LogP contribution in [0.1, 0.15) is 38.7 Å². The van der Waals surface area contributed by atoms with Crippen LogP contribution in [0.3, 0.4) is 0 Å². The van der Waals surface area contributed by atoms with Gasteiger partial charge in [0.2, 0.25) is 11.8 Å². The predicted octanol–water partition coefficient (Wildman–Crippen LogP) is 2.00. The van der Waals surface area contributed by atoms with Crippen molar-refractivity contribution in [1.29, 1.82) is 0 Å². The van der Waals surface area contributed by atoms with Gasteiger partial charge in [-0.3, -0.25) is 14.6 Å². The van der Waals surface area contributed by atoms with Crippen LogP contribution in [0, 0.1) is 0 Å². The van der Waals surface area contributed by atoms with Crippen LogP contribution in [-0.4, -0.2) is 40.3 Å². The van der Waals surface area contributed by atoms with Gasteiger partial charge in [-0.2, -0.15) is 0 Å². The number of piperidine rings is 1. The van der Waals surface area contributed by atoms with Crippen LogP contribution in [-0.2, 0) is 9.59 Å². The van der Waals surface area contributed by atoms with Crippen LogP contribution in [0.25, 0.3) is 6.08 Å². The van der Waals surface area contributed by atoms with Gasteiger partial charge in [0, 0.05) is 31.1 Å². The van der Waals surface area contributed by atoms with E-state index in [0.717, 1.165) is 24.9 Å². The highest BCUT2D eigenvalue weighted by molar-refractivity contribution is 5.95. The van der Waals surface area contributed by atoms with Crippen LogP contribution in [0.5, 0.6) is 0 Å². The second kappa shape index (κ2) is 7.73. The molecule has 0 unspecified atom stereocenters. The zero-order chi connectivity index (χ0) is 15.9. The molecule has 5 heteroatoms. The quantitative estimate of drug-likeness (QED) is 0.865. The lowest BCUT2D eigenvalue weighted by Gasteiger charge is -2.35. The molecule has 0 radical (unpaired) electrons. The second-order valence-electron chi connectivity index (χ2n) is 5.72. The molecule has 2 rings (SSSR count). The fourth-order valence-corrected chi connectivity index (χ4v) is 2.64. The molecule has 0 aromatic carbocycles. The maximum Gasteiger partial charge on any atom is 0.245 e. The van der Waals surface area contributed by atoms with Crippen molar-refractivity contribution in [3.8, 4) is 0 Å². The van der Waals surface area contributed by atoms with E-state index < -0.39 is 6.04 Å². The Balaban J connectivity index is 1.88. The van der Waals surface area contributed by atoms with E-state index >= 15 is 0 Å². The molecule has 1 aliphatic rings. The van der Waals surface area contributed by atoms with E-state index in [4.69, 9.17) is 0 Å². The topological polar surface area (TPSA) is 62.3 Å². The molecule has 1 saturated heterocycles. The lowest BCUT2D eigenvalue weighted by Crippen LogP contribution is -2.51. The highest BCUT2D eigenvalue weighted by Crippen LogP contribution is 2.17. The van der Waals surface area contributed by atoms with Crippen LogP contribution >= 0.6 is 0 Å². The molecule has 22 heavy (non-hydrogen) atoms. The van der Waals surface area contributed by atoms with Gasteiger partial charge in [0.15, 0.2) is 0 Å². The number of nitrogens with one attached hydrogen (secondary N) is 1. The van der Waals surface area contributed by atoms with Crippen LogP contribution < -0.4 is 5.32 Å². The Morgan fingerprint density at radius 2 is 2.09 bits per heavy atom. The summed E-state index contributed by atoms with van der Waals surface area (Å²) in [7, 11) is 0. The summed E-state index contributed by atoms with van der Waals surface area (Å²) in [6.45, 7) is 4.59. The number of pyridine rings is 1. The number of likely N-dealkylation sites (tertiary alicyclic amines) is 1. The minimum atomic E-state index is -0.504. The van der Waals surface area contributed by atoms with Crippen LogP contribution in [0.2, 0.25) is 0 Å². The third-order valence-corrected chi connectivity index (χ3v) is 3.95. The van der Waals surface area contributed by atoms with E-state index in [1.54, 1.807) is 25.4 Å². The van der Waals surface area contributed by atoms with Crippen LogP contribution in [0.4, 0.5) is 0 Å². The molecule has 0 bridgehead atoms. The van der Waals surface area contributed by atoms with Crippen molar-refractivity contribution >= 4 is 17.9 Å². The van der Waals surface area contributed by atoms with Crippen molar-refractivity contribution in [2.75, 3.05) is 6.54 Å². The normalized spacial score (nSPS) is 19.9. The first kappa shape index (κ1) is 16.2. The molecule has 1 fully saturated rings. The van der Waals surface area contributed by atoms with Gasteiger partial charge in [-0.05, 0) is 56.9 Å². The maximum atomic E-state index is 12.4. The van der Waals surface area contributed by atoms with Gasteiger partial charge in [-0.15, -0.1) is 0 Å². The number of carbonyl (C=O) groups is 2. The fourth-order valence-electron chi connectivity index (χ4n) is 2.64. The molecule has 0 saturated carbocycles. The summed E-state index contributed by atoms with van der Waals surface area (Å²) in [5.41, 5.74) is 0.897. The minimum Gasteiger partial charge on any atom is -0.341 e. The Morgan fingerprint density at radius 3 is 2.77 bits per heavy atom. The third kappa shape index (κ3) is 4.41. The summed E-state index contributed by atoms with van der Waals surface area (Å²) < 4.78 is 0. The maximum absolute atomic E-state index is 12.4. The summed E-state index contributed by atoms with van der Waals surface area (Å²) in [6.07, 6.45) is 9.73. The standard InChI is InChI=1S/C17H23N3O2/c1-13-5-3-4-12-20(13)17(22)14(2)19-16(21)7-6-15-8-10-18-11-9-15/h6-11,13-14H,3-5,12H2,1-2H3,(H,19,21)/b7-6+/t13-,14-/m1/s1. The van der Waals surface area contributed by atoms with Crippen LogP contribution in [0.15, 0.2) is 30.6 Å². The molecule has 1 aromatic heterocycles. The van der Waals surface area contributed by atoms with Crippen molar-refractivity contribution in [2.45, 2.75) is 45.2 Å². The van der Waals surface area contributed by atoms with Crippen molar-refractivity contribution < 1.29 is 9.59 Å². The first-order chi connectivity index (χ1) is 10.6. The van der Waals surface area contributed by atoms with E-state index in [-0.39, 0.29) is 17.9 Å². The summed E-state index contributed by atoms with van der Waals surface area (Å²) in [6, 6.07) is 3.38. The Hall–Kier alpha value is -2.17. The predicted molar refractivity (Wildman–Crippen MR) is 85.9 cm³/mol. The van der Waals surface area contributed by atoms with E-state index in [0.29, 0.717) is 0 Å². The monoisotopic (exact) mass is 301 g/mol. The number of hydrogen-bond acceptors (Lipinski definition) is 3. The molecule has 1 aromatic rings. The molecule has 1 N–H and O–H groups in total. The summed E-state index contributed by atoms with van der Waals surface area (Å²) in [5.74, 6) is -0.264. The second-order valence-corrected chi connectivity index (χ2v) is 5.72. The average molecular weight is 301 g/mol. The SMILES string of the molecule is C[C@@H]1CCCCN1C(=O)[C@@H](C)NC(=O)/C=C/c1ccncc1. The molecule has 1 aliphatic heterocycles. The molecule has 2 atom stereocenters. The number of amides is 2. The first-order valence-corrected chi connectivity index (χ1v) is 7.77. The first-order valence-electron chi connectivity index (χ1n) is 7.77. The van der Waals surface area contributed by atoms with E-state index in [1.165, 1.54) is 12.5 Å². The average Bonchev–Trinajstić information content (AvgIpc) is 2.53. The van der Waals surface area contributed by atoms with Gasteiger partial charge < -0.3 is 10.2 Å². The highest BCUT2D eigenvalue weighted by atomic mass is 16.2. The number of rotatable bonds is 4. The van der Waals surface area contributed by atoms with Crippen molar-refractivity contribution in [3.63, 3.8) is 0 Å². The zero-order valence-corrected chi connectivity index (χ0v) is 13.2. The fraction of sp³-hybridized carbons (Fsp3) is 0.471. The molecule has 118 valence electrons. The van der Waals surface area contributed by atoms with Gasteiger partial charge in [0.05, 0.1) is 0 Å². The van der Waals surface area contributed by atoms with Crippen molar-refractivity contribution in [2.24, 2.45) is 0 Å². The molecule has 2 amide bonds. The highest BCUT2D eigenvalue weighted by Gasteiger charge is 2.27. The Labute approximate surface area is 131 Å². The van der Waals surface area contributed by atoms with Gasteiger partial charge >= 0.3 is 0 Å². The van der Waals surface area contributed by atoms with Crippen molar-refractivity contribution in [1.82, 2.24) is 15.2 Å². The van der Waals surface area contributed by atoms with Crippen molar-refractivity contribution in [3.05, 3.63) is 36.2 Å². The lowest BCUT2D eigenvalue weighted by molar-refractivity contribution is -0.138. The summed E-state index contributed by atoms with van der Waals surface area (Å²) >= 11 is 0. The third-order valence-electron chi connectivity index (χ3n) is 3.95. The Bertz CT molecular complexity index is 542. The van der Waals surface area contributed by atoms with E-state index in [2.05, 4.69) is 17.2 Å². The number of carbonyl (C=O) groups excluding carboxylic acids is 2. The molecule has 5 nitrogen and oxygen atoms in total. The molecule has 0 aliphatic carbocycles. The number of aromatic nitrogens is 1. The van der Waals surface area contributed by atoms with E-state index in [9.17, 15) is 9.59 Å². The molecular weight excluding hydrogens is 278 g/mol. The van der Waals surface area contributed by atoms with Gasteiger partial charge in [-0.25, -0.2) is 0 Å². The smallest absolute Gasteiger partial charge is 0.245 e. The van der Waals surface area contributed by atoms with Gasteiger partial charge in [-0.1, -0.05) is 0 Å². The summed E-state index contributed by atoms with van der Waals surface area (Å²) in [4.78, 5) is 30.1. The molecule has 2 heterocycles. The largest absolute Gasteiger partial charge is 0.341 e. The number of nitrogens with zero attached hydrogens (tertiary/aromatic N) is 2. The Morgan fingerprint density at radius 1 is 1.36 bits per heavy atom. The lowest BCUT2D eigenvalue weighted by atomic mass is 10.0. The number of hydrogen-bond donors (Lipinski definition) is 1. The Kier molecular flexibility index (Phi) is 5.69. The minimum absolute atomic E-state index is 0.00198. The summed E-state index contributed by atoms with van der Waals surface area (Å²) in [5, 5.41) is 2.74. The van der Waals surface area contributed by atoms with E-state index in [1.807, 2.05) is 17.0 Å². The molecular formula is C17H23N3O2. The zero-order valence-electron chi connectivity index (χ0n) is 13.2. The van der Waals surface area contributed by atoms with Gasteiger partial charge in [0.25, 0.3) is 0 Å². The molecule has 0 spiro atoms.